The van der Waals surface area contributed by atoms with Gasteiger partial charge >= 0.3 is 0 Å². The average molecular weight is 139 g/mol. The van der Waals surface area contributed by atoms with Gasteiger partial charge in [-0.25, -0.2) is 0 Å². The summed E-state index contributed by atoms with van der Waals surface area (Å²) in [6.45, 7) is 2.58. The minimum atomic E-state index is 1.04. The van der Waals surface area contributed by atoms with E-state index in [9.17, 15) is 0 Å². The highest BCUT2D eigenvalue weighted by atomic mass is 14.9. The minimum absolute atomic E-state index is 1.04. The van der Waals surface area contributed by atoms with E-state index < -0.39 is 0 Å². The first kappa shape index (κ1) is 6.66. The zero-order valence-corrected chi connectivity index (χ0v) is 6.60. The summed E-state index contributed by atoms with van der Waals surface area (Å²) in [5, 5.41) is 3.52. The van der Waals surface area contributed by atoms with Gasteiger partial charge in [-0.3, -0.25) is 0 Å². The molecule has 1 heterocycles. The first-order valence-electron chi connectivity index (χ1n) is 4.67. The maximum Gasteiger partial charge on any atom is -0.00179 e. The van der Waals surface area contributed by atoms with E-state index in [4.69, 9.17) is 0 Å². The van der Waals surface area contributed by atoms with Crippen molar-refractivity contribution in [1.29, 1.82) is 0 Å². The summed E-state index contributed by atoms with van der Waals surface area (Å²) in [7, 11) is 0. The lowest BCUT2D eigenvalue weighted by atomic mass is 9.93. The van der Waals surface area contributed by atoms with E-state index >= 15 is 0 Å². The van der Waals surface area contributed by atoms with Crippen LogP contribution in [0.25, 0.3) is 0 Å². The van der Waals surface area contributed by atoms with Crippen LogP contribution in [0.3, 0.4) is 0 Å². The van der Waals surface area contributed by atoms with Crippen LogP contribution in [0.1, 0.15) is 32.1 Å². The highest BCUT2D eigenvalue weighted by Gasteiger charge is 2.27. The molecular formula is C9H17N. The second-order valence-corrected chi connectivity index (χ2v) is 3.80. The van der Waals surface area contributed by atoms with Gasteiger partial charge < -0.3 is 5.32 Å². The molecule has 0 amide bonds. The molecule has 1 heteroatoms. The third-order valence-corrected chi connectivity index (χ3v) is 3.15. The van der Waals surface area contributed by atoms with E-state index in [1.807, 2.05) is 0 Å². The zero-order chi connectivity index (χ0) is 6.81. The SMILES string of the molecule is C1CNC[C@H]2CCC[C@@H]2C1. The highest BCUT2D eigenvalue weighted by Crippen LogP contribution is 2.35. The summed E-state index contributed by atoms with van der Waals surface area (Å²) in [6, 6.07) is 0. The molecule has 1 saturated carbocycles. The van der Waals surface area contributed by atoms with Crippen LogP contribution in [0.4, 0.5) is 0 Å². The first-order chi connectivity index (χ1) is 4.97. The molecule has 10 heavy (non-hydrogen) atoms. The Hall–Kier alpha value is -0.0400. The number of hydrogen-bond acceptors (Lipinski definition) is 1. The molecule has 1 saturated heterocycles. The molecule has 0 unspecified atom stereocenters. The van der Waals surface area contributed by atoms with E-state index in [1.54, 1.807) is 0 Å². The fourth-order valence-corrected chi connectivity index (χ4v) is 2.54. The van der Waals surface area contributed by atoms with Crippen molar-refractivity contribution in [3.63, 3.8) is 0 Å². The van der Waals surface area contributed by atoms with Crippen LogP contribution < -0.4 is 5.32 Å². The molecule has 2 atom stereocenters. The second-order valence-electron chi connectivity index (χ2n) is 3.80. The summed E-state index contributed by atoms with van der Waals surface area (Å²) in [5.41, 5.74) is 0. The van der Waals surface area contributed by atoms with Crippen molar-refractivity contribution in [1.82, 2.24) is 5.32 Å². The largest absolute Gasteiger partial charge is 0.316 e. The molecule has 0 aromatic carbocycles. The third kappa shape index (κ3) is 1.20. The molecule has 0 radical (unpaired) electrons. The van der Waals surface area contributed by atoms with Gasteiger partial charge in [-0.1, -0.05) is 12.8 Å². The van der Waals surface area contributed by atoms with Gasteiger partial charge in [0.05, 0.1) is 0 Å². The van der Waals surface area contributed by atoms with Gasteiger partial charge in [0.15, 0.2) is 0 Å². The lowest BCUT2D eigenvalue weighted by molar-refractivity contribution is 0.383. The van der Waals surface area contributed by atoms with Crippen molar-refractivity contribution in [2.45, 2.75) is 32.1 Å². The Kier molecular flexibility index (Phi) is 1.94. The molecular weight excluding hydrogens is 122 g/mol. The van der Waals surface area contributed by atoms with Crippen LogP contribution in [-0.4, -0.2) is 13.1 Å². The van der Waals surface area contributed by atoms with Crippen molar-refractivity contribution in [2.24, 2.45) is 11.8 Å². The van der Waals surface area contributed by atoms with Gasteiger partial charge in [-0.2, -0.15) is 0 Å². The molecule has 0 bridgehead atoms. The fourth-order valence-electron chi connectivity index (χ4n) is 2.54. The molecule has 1 nitrogen and oxygen atoms in total. The molecule has 1 aliphatic carbocycles. The molecule has 1 aliphatic heterocycles. The molecule has 0 aromatic rings. The summed E-state index contributed by atoms with van der Waals surface area (Å²) < 4.78 is 0. The number of fused-ring (bicyclic) bond motifs is 1. The minimum Gasteiger partial charge on any atom is -0.316 e. The summed E-state index contributed by atoms with van der Waals surface area (Å²) in [4.78, 5) is 0. The lowest BCUT2D eigenvalue weighted by Gasteiger charge is -2.14. The Labute approximate surface area is 63.2 Å². The van der Waals surface area contributed by atoms with E-state index in [-0.39, 0.29) is 0 Å². The van der Waals surface area contributed by atoms with Crippen molar-refractivity contribution < 1.29 is 0 Å². The molecule has 2 aliphatic rings. The lowest BCUT2D eigenvalue weighted by Crippen LogP contribution is -2.21. The molecule has 0 aromatic heterocycles. The summed E-state index contributed by atoms with van der Waals surface area (Å²) in [6.07, 6.45) is 7.43. The van der Waals surface area contributed by atoms with E-state index in [0.717, 1.165) is 11.8 Å². The zero-order valence-electron chi connectivity index (χ0n) is 6.60. The van der Waals surface area contributed by atoms with Gasteiger partial charge in [0, 0.05) is 0 Å². The third-order valence-electron chi connectivity index (χ3n) is 3.15. The van der Waals surface area contributed by atoms with Crippen molar-refractivity contribution in [3.8, 4) is 0 Å². The van der Waals surface area contributed by atoms with Crippen LogP contribution in [0.2, 0.25) is 0 Å². The maximum absolute atomic E-state index is 3.52. The normalized spacial score (nSPS) is 40.8. The summed E-state index contributed by atoms with van der Waals surface area (Å²) in [5.74, 6) is 2.14. The van der Waals surface area contributed by atoms with Crippen LogP contribution in [0.15, 0.2) is 0 Å². The molecule has 58 valence electrons. The highest BCUT2D eigenvalue weighted by molar-refractivity contribution is 4.81. The van der Waals surface area contributed by atoms with Crippen LogP contribution in [0.5, 0.6) is 0 Å². The Morgan fingerprint density at radius 2 is 1.70 bits per heavy atom. The molecule has 2 rings (SSSR count). The Balaban J connectivity index is 1.95. The van der Waals surface area contributed by atoms with Gasteiger partial charge in [0.25, 0.3) is 0 Å². The Bertz CT molecular complexity index is 99.3. The maximum atomic E-state index is 3.52. The van der Waals surface area contributed by atoms with E-state index in [0.29, 0.717) is 0 Å². The standard InChI is InChI=1S/C9H17N/c1-3-8-5-2-6-10-7-9(8)4-1/h8-10H,1-7H2/t8-,9-/m1/s1. The topological polar surface area (TPSA) is 12.0 Å². The smallest absolute Gasteiger partial charge is 0.00179 e. The Morgan fingerprint density at radius 3 is 2.70 bits per heavy atom. The molecule has 1 N–H and O–H groups in total. The summed E-state index contributed by atoms with van der Waals surface area (Å²) >= 11 is 0. The van der Waals surface area contributed by atoms with Crippen molar-refractivity contribution in [3.05, 3.63) is 0 Å². The predicted octanol–water partition coefficient (Wildman–Crippen LogP) is 1.79. The predicted molar refractivity (Wildman–Crippen MR) is 42.9 cm³/mol. The Morgan fingerprint density at radius 1 is 0.900 bits per heavy atom. The fraction of sp³-hybridized carbons (Fsp3) is 1.00. The van der Waals surface area contributed by atoms with Crippen LogP contribution >= 0.6 is 0 Å². The molecule has 2 fully saturated rings. The van der Waals surface area contributed by atoms with Gasteiger partial charge in [0.2, 0.25) is 0 Å². The number of nitrogens with one attached hydrogen (secondary N) is 1. The van der Waals surface area contributed by atoms with Crippen LogP contribution in [0, 0.1) is 11.8 Å². The van der Waals surface area contributed by atoms with Gasteiger partial charge in [-0.05, 0) is 44.2 Å². The average Bonchev–Trinajstić information content (AvgIpc) is 2.28. The van der Waals surface area contributed by atoms with Gasteiger partial charge in [0.1, 0.15) is 0 Å². The van der Waals surface area contributed by atoms with Crippen LogP contribution in [-0.2, 0) is 0 Å². The van der Waals surface area contributed by atoms with Crippen molar-refractivity contribution in [2.75, 3.05) is 13.1 Å². The molecule has 0 spiro atoms. The van der Waals surface area contributed by atoms with Crippen molar-refractivity contribution >= 4 is 0 Å². The first-order valence-corrected chi connectivity index (χ1v) is 4.67. The van der Waals surface area contributed by atoms with E-state index in [1.165, 1.54) is 45.2 Å². The quantitative estimate of drug-likeness (QED) is 0.539. The van der Waals surface area contributed by atoms with Gasteiger partial charge in [-0.15, -0.1) is 0 Å². The number of hydrogen-bond donors (Lipinski definition) is 1. The second kappa shape index (κ2) is 2.91. The number of rotatable bonds is 0. The monoisotopic (exact) mass is 139 g/mol. The van der Waals surface area contributed by atoms with E-state index in [2.05, 4.69) is 5.32 Å².